The van der Waals surface area contributed by atoms with Gasteiger partial charge in [0.05, 0.1) is 12.0 Å². The van der Waals surface area contributed by atoms with Crippen LogP contribution in [-0.4, -0.2) is 33.9 Å². The van der Waals surface area contributed by atoms with Crippen LogP contribution in [0.2, 0.25) is 0 Å². The van der Waals surface area contributed by atoms with Crippen LogP contribution in [0.15, 0.2) is 59.5 Å². The number of nitrogens with one attached hydrogen (secondary N) is 1. The highest BCUT2D eigenvalue weighted by molar-refractivity contribution is 7.89. The van der Waals surface area contributed by atoms with Crippen LogP contribution in [0.1, 0.15) is 5.56 Å². The first-order valence-electron chi connectivity index (χ1n) is 7.60. The second-order valence-electron chi connectivity index (χ2n) is 5.41. The number of halogens is 3. The third-order valence-corrected chi connectivity index (χ3v) is 4.92. The number of benzene rings is 2. The SMILES string of the molecule is COC(=O)C(Cc1ccccc1)NS(=O)(=O)c1ccc(OC(F)(F)F)cc1. The van der Waals surface area contributed by atoms with Crippen molar-refractivity contribution in [2.75, 3.05) is 7.11 Å². The molecule has 2 aromatic carbocycles. The average Bonchev–Trinajstić information content (AvgIpc) is 2.60. The number of hydrogen-bond acceptors (Lipinski definition) is 5. The molecule has 2 aromatic rings. The zero-order valence-corrected chi connectivity index (χ0v) is 14.9. The summed E-state index contributed by atoms with van der Waals surface area (Å²) in [4.78, 5) is 11.6. The predicted octanol–water partition coefficient (Wildman–Crippen LogP) is 2.65. The average molecular weight is 403 g/mol. The van der Waals surface area contributed by atoms with Crippen molar-refractivity contribution in [2.45, 2.75) is 23.7 Å². The zero-order chi connectivity index (χ0) is 20.1. The second-order valence-corrected chi connectivity index (χ2v) is 7.12. The summed E-state index contributed by atoms with van der Waals surface area (Å²) in [7, 11) is -3.06. The summed E-state index contributed by atoms with van der Waals surface area (Å²) in [6, 6.07) is 11.1. The Morgan fingerprint density at radius 2 is 1.67 bits per heavy atom. The Kier molecular flexibility index (Phi) is 6.45. The first kappa shape index (κ1) is 20.7. The van der Waals surface area contributed by atoms with Crippen LogP contribution in [0.25, 0.3) is 0 Å². The van der Waals surface area contributed by atoms with Crippen LogP contribution in [0.3, 0.4) is 0 Å². The van der Waals surface area contributed by atoms with Gasteiger partial charge >= 0.3 is 12.3 Å². The number of ether oxygens (including phenoxy) is 2. The number of carbonyl (C=O) groups is 1. The van der Waals surface area contributed by atoms with E-state index in [1.165, 1.54) is 0 Å². The number of sulfonamides is 1. The highest BCUT2D eigenvalue weighted by Crippen LogP contribution is 2.24. The van der Waals surface area contributed by atoms with E-state index in [-0.39, 0.29) is 11.3 Å². The quantitative estimate of drug-likeness (QED) is 0.719. The maximum Gasteiger partial charge on any atom is 0.573 e. The molecular weight excluding hydrogens is 387 g/mol. The minimum atomic E-state index is -4.88. The van der Waals surface area contributed by atoms with E-state index in [0.717, 1.165) is 31.4 Å². The molecular formula is C17H16F3NO5S. The molecule has 0 saturated carbocycles. The molecule has 1 atom stereocenters. The molecule has 0 radical (unpaired) electrons. The van der Waals surface area contributed by atoms with Crippen molar-refractivity contribution in [1.29, 1.82) is 0 Å². The van der Waals surface area contributed by atoms with Crippen molar-refractivity contribution >= 4 is 16.0 Å². The van der Waals surface area contributed by atoms with E-state index >= 15 is 0 Å². The van der Waals surface area contributed by atoms with Gasteiger partial charge in [-0.3, -0.25) is 4.79 Å². The first-order chi connectivity index (χ1) is 12.6. The Hall–Kier alpha value is -2.59. The summed E-state index contributed by atoms with van der Waals surface area (Å²) >= 11 is 0. The van der Waals surface area contributed by atoms with Gasteiger partial charge in [0.15, 0.2) is 0 Å². The van der Waals surface area contributed by atoms with Gasteiger partial charge in [-0.05, 0) is 36.2 Å². The first-order valence-corrected chi connectivity index (χ1v) is 9.09. The zero-order valence-electron chi connectivity index (χ0n) is 14.1. The number of carbonyl (C=O) groups excluding carboxylic acids is 1. The second kappa shape index (κ2) is 8.40. The van der Waals surface area contributed by atoms with Gasteiger partial charge in [0.2, 0.25) is 10.0 Å². The molecule has 2 rings (SSSR count). The monoisotopic (exact) mass is 403 g/mol. The van der Waals surface area contributed by atoms with Crippen molar-refractivity contribution in [3.63, 3.8) is 0 Å². The van der Waals surface area contributed by atoms with Crippen molar-refractivity contribution in [3.05, 3.63) is 60.2 Å². The smallest absolute Gasteiger partial charge is 0.468 e. The minimum absolute atomic E-state index is 0.0437. The fourth-order valence-electron chi connectivity index (χ4n) is 2.24. The lowest BCUT2D eigenvalue weighted by molar-refractivity contribution is -0.274. The summed E-state index contributed by atoms with van der Waals surface area (Å²) in [6.45, 7) is 0. The number of esters is 1. The summed E-state index contributed by atoms with van der Waals surface area (Å²) in [5, 5.41) is 0. The molecule has 6 nitrogen and oxygen atoms in total. The highest BCUT2D eigenvalue weighted by atomic mass is 32.2. The van der Waals surface area contributed by atoms with E-state index in [2.05, 4.69) is 14.2 Å². The van der Waals surface area contributed by atoms with Crippen LogP contribution >= 0.6 is 0 Å². The molecule has 0 saturated heterocycles. The number of rotatable bonds is 7. The van der Waals surface area contributed by atoms with E-state index < -0.39 is 34.1 Å². The predicted molar refractivity (Wildman–Crippen MR) is 89.4 cm³/mol. The van der Waals surface area contributed by atoms with E-state index in [0.29, 0.717) is 5.56 Å². The van der Waals surface area contributed by atoms with E-state index in [1.807, 2.05) is 0 Å². The van der Waals surface area contributed by atoms with Gasteiger partial charge in [0, 0.05) is 0 Å². The molecule has 10 heteroatoms. The fraction of sp³-hybridized carbons (Fsp3) is 0.235. The molecule has 0 aliphatic carbocycles. The van der Waals surface area contributed by atoms with Gasteiger partial charge in [0.1, 0.15) is 11.8 Å². The van der Waals surface area contributed by atoms with Gasteiger partial charge in [-0.25, -0.2) is 8.42 Å². The number of alkyl halides is 3. The van der Waals surface area contributed by atoms with Gasteiger partial charge in [0.25, 0.3) is 0 Å². The van der Waals surface area contributed by atoms with Crippen molar-refractivity contribution in [2.24, 2.45) is 0 Å². The summed E-state index contributed by atoms with van der Waals surface area (Å²) < 4.78 is 72.0. The molecule has 0 aliphatic rings. The molecule has 1 N–H and O–H groups in total. The van der Waals surface area contributed by atoms with E-state index in [9.17, 15) is 26.4 Å². The molecule has 0 heterocycles. The van der Waals surface area contributed by atoms with Crippen LogP contribution in [0, 0.1) is 0 Å². The van der Waals surface area contributed by atoms with Crippen LogP contribution < -0.4 is 9.46 Å². The van der Waals surface area contributed by atoms with Crippen molar-refractivity contribution < 1.29 is 35.9 Å². The Balaban J connectivity index is 2.19. The largest absolute Gasteiger partial charge is 0.573 e. The van der Waals surface area contributed by atoms with Gasteiger partial charge in [-0.2, -0.15) is 4.72 Å². The van der Waals surface area contributed by atoms with Gasteiger partial charge in [-0.1, -0.05) is 30.3 Å². The van der Waals surface area contributed by atoms with Gasteiger partial charge < -0.3 is 9.47 Å². The normalized spacial score (nSPS) is 13.0. The Morgan fingerprint density at radius 3 is 2.19 bits per heavy atom. The summed E-state index contributed by atoms with van der Waals surface area (Å²) in [5.41, 5.74) is 0.699. The Bertz CT molecular complexity index is 868. The minimum Gasteiger partial charge on any atom is -0.468 e. The third-order valence-electron chi connectivity index (χ3n) is 3.43. The molecule has 0 bridgehead atoms. The fourth-order valence-corrected chi connectivity index (χ4v) is 3.43. The molecule has 0 spiro atoms. The molecule has 0 aliphatic heterocycles. The summed E-state index contributed by atoms with van der Waals surface area (Å²) in [5.74, 6) is -1.35. The molecule has 146 valence electrons. The van der Waals surface area contributed by atoms with Crippen LogP contribution in [0.5, 0.6) is 5.75 Å². The Morgan fingerprint density at radius 1 is 1.07 bits per heavy atom. The highest BCUT2D eigenvalue weighted by Gasteiger charge is 2.31. The van der Waals surface area contributed by atoms with Crippen LogP contribution in [0.4, 0.5) is 13.2 Å². The van der Waals surface area contributed by atoms with E-state index in [1.54, 1.807) is 30.3 Å². The molecule has 1 unspecified atom stereocenters. The molecule has 27 heavy (non-hydrogen) atoms. The standard InChI is InChI=1S/C17H16F3NO5S/c1-25-16(22)15(11-12-5-3-2-4-6-12)21-27(23,24)14-9-7-13(8-10-14)26-17(18,19)20/h2-10,15,21H,11H2,1H3. The van der Waals surface area contributed by atoms with Crippen molar-refractivity contribution in [1.82, 2.24) is 4.72 Å². The molecule has 0 amide bonds. The maximum atomic E-state index is 12.5. The number of hydrogen-bond donors (Lipinski definition) is 1. The Labute approximate surface area is 154 Å². The van der Waals surface area contributed by atoms with Gasteiger partial charge in [-0.15, -0.1) is 13.2 Å². The van der Waals surface area contributed by atoms with E-state index in [4.69, 9.17) is 0 Å². The topological polar surface area (TPSA) is 81.7 Å². The molecule has 0 fully saturated rings. The summed E-state index contributed by atoms with van der Waals surface area (Å²) in [6.07, 6.45) is -4.84. The lowest BCUT2D eigenvalue weighted by atomic mass is 10.1. The maximum absolute atomic E-state index is 12.5. The lowest BCUT2D eigenvalue weighted by Crippen LogP contribution is -2.42. The third kappa shape index (κ3) is 6.26. The number of methoxy groups -OCH3 is 1. The molecule has 0 aromatic heterocycles. The van der Waals surface area contributed by atoms with Crippen molar-refractivity contribution in [3.8, 4) is 5.75 Å². The lowest BCUT2D eigenvalue weighted by Gasteiger charge is -2.17. The van der Waals surface area contributed by atoms with Crippen LogP contribution in [-0.2, 0) is 26.0 Å².